The van der Waals surface area contributed by atoms with Gasteiger partial charge in [0.2, 0.25) is 10.0 Å². The first-order chi connectivity index (χ1) is 9.36. The third-order valence-electron chi connectivity index (χ3n) is 3.65. The Balaban J connectivity index is 2.27. The van der Waals surface area contributed by atoms with Crippen LogP contribution in [0.2, 0.25) is 0 Å². The summed E-state index contributed by atoms with van der Waals surface area (Å²) in [6.07, 6.45) is 0.846. The number of aliphatic hydroxyl groups is 1. The van der Waals surface area contributed by atoms with Gasteiger partial charge in [0.1, 0.15) is 0 Å². The Morgan fingerprint density at radius 1 is 1.45 bits per heavy atom. The molecule has 2 rings (SSSR count). The van der Waals surface area contributed by atoms with Gasteiger partial charge in [-0.1, -0.05) is 6.07 Å². The van der Waals surface area contributed by atoms with Gasteiger partial charge < -0.3 is 10.0 Å². The molecule has 1 unspecified atom stereocenters. The van der Waals surface area contributed by atoms with Crippen molar-refractivity contribution in [2.75, 3.05) is 27.2 Å². The van der Waals surface area contributed by atoms with E-state index < -0.39 is 10.0 Å². The van der Waals surface area contributed by atoms with Crippen LogP contribution in [0.4, 0.5) is 0 Å². The van der Waals surface area contributed by atoms with Crippen LogP contribution in [0.5, 0.6) is 0 Å². The second kappa shape index (κ2) is 6.11. The summed E-state index contributed by atoms with van der Waals surface area (Å²) in [7, 11) is 0.447. The largest absolute Gasteiger partial charge is 0.392 e. The van der Waals surface area contributed by atoms with E-state index >= 15 is 0 Å². The normalized spacial score (nSPS) is 20.8. The molecule has 7 heteroatoms. The molecule has 1 aliphatic heterocycles. The average Bonchev–Trinajstić information content (AvgIpc) is 2.88. The summed E-state index contributed by atoms with van der Waals surface area (Å²) < 4.78 is 27.3. The van der Waals surface area contributed by atoms with Crippen LogP contribution in [0.1, 0.15) is 12.0 Å². The Morgan fingerprint density at radius 3 is 2.65 bits per heavy atom. The molecule has 1 saturated heterocycles. The number of rotatable bonds is 4. The highest BCUT2D eigenvalue weighted by atomic mass is 79.9. The predicted octanol–water partition coefficient (Wildman–Crippen LogP) is 1.27. The number of halogens is 1. The molecule has 112 valence electrons. The first-order valence-corrected chi connectivity index (χ1v) is 8.65. The van der Waals surface area contributed by atoms with E-state index in [0.29, 0.717) is 23.1 Å². The number of benzene rings is 1. The maximum Gasteiger partial charge on any atom is 0.244 e. The minimum absolute atomic E-state index is 0.106. The molecule has 0 aliphatic carbocycles. The van der Waals surface area contributed by atoms with E-state index in [2.05, 4.69) is 20.8 Å². The maximum atomic E-state index is 12.6. The molecule has 1 aliphatic rings. The fraction of sp³-hybridized carbons (Fsp3) is 0.538. The van der Waals surface area contributed by atoms with Crippen molar-refractivity contribution in [3.63, 3.8) is 0 Å². The molecule has 0 aromatic heterocycles. The van der Waals surface area contributed by atoms with E-state index in [-0.39, 0.29) is 17.5 Å². The monoisotopic (exact) mass is 362 g/mol. The Kier molecular flexibility index (Phi) is 4.86. The van der Waals surface area contributed by atoms with Crippen molar-refractivity contribution in [1.82, 2.24) is 9.21 Å². The topological polar surface area (TPSA) is 60.9 Å². The lowest BCUT2D eigenvalue weighted by molar-refractivity contribution is 0.281. The summed E-state index contributed by atoms with van der Waals surface area (Å²) >= 11 is 3.29. The van der Waals surface area contributed by atoms with Crippen molar-refractivity contribution in [3.8, 4) is 0 Å². The molecular formula is C13H19BrN2O3S. The van der Waals surface area contributed by atoms with Crippen molar-refractivity contribution in [1.29, 1.82) is 0 Å². The molecule has 1 N–H and O–H groups in total. The van der Waals surface area contributed by atoms with Crippen molar-refractivity contribution in [3.05, 3.63) is 28.2 Å². The lowest BCUT2D eigenvalue weighted by Crippen LogP contribution is -2.34. The average molecular weight is 363 g/mol. The molecule has 20 heavy (non-hydrogen) atoms. The lowest BCUT2D eigenvalue weighted by Gasteiger charge is -2.20. The molecule has 0 saturated carbocycles. The summed E-state index contributed by atoms with van der Waals surface area (Å²) in [4.78, 5) is 2.31. The van der Waals surface area contributed by atoms with Crippen LogP contribution < -0.4 is 0 Å². The fourth-order valence-electron chi connectivity index (χ4n) is 2.34. The van der Waals surface area contributed by atoms with Crippen LogP contribution in [0.25, 0.3) is 0 Å². The van der Waals surface area contributed by atoms with E-state index in [1.54, 1.807) is 18.2 Å². The number of hydrogen-bond donors (Lipinski definition) is 1. The number of sulfonamides is 1. The Labute approximate surface area is 128 Å². The third-order valence-corrected chi connectivity index (χ3v) is 6.49. The fourth-order valence-corrected chi connectivity index (χ4v) is 4.92. The molecule has 1 fully saturated rings. The first-order valence-electron chi connectivity index (χ1n) is 6.42. The highest BCUT2D eigenvalue weighted by Gasteiger charge is 2.34. The predicted molar refractivity (Wildman–Crippen MR) is 80.9 cm³/mol. The molecular weight excluding hydrogens is 344 g/mol. The van der Waals surface area contributed by atoms with Crippen molar-refractivity contribution >= 4 is 26.0 Å². The van der Waals surface area contributed by atoms with Crippen LogP contribution in [0.3, 0.4) is 0 Å². The minimum atomic E-state index is -3.48. The van der Waals surface area contributed by atoms with Crippen LogP contribution in [-0.4, -0.2) is 56.0 Å². The molecule has 0 amide bonds. The van der Waals surface area contributed by atoms with Crippen LogP contribution in [0.15, 0.2) is 27.6 Å². The number of nitrogens with zero attached hydrogens (tertiary/aromatic N) is 2. The quantitative estimate of drug-likeness (QED) is 0.875. The van der Waals surface area contributed by atoms with Crippen molar-refractivity contribution < 1.29 is 13.5 Å². The van der Waals surface area contributed by atoms with Gasteiger partial charge in [0.25, 0.3) is 0 Å². The minimum Gasteiger partial charge on any atom is -0.392 e. The second-order valence-electron chi connectivity index (χ2n) is 5.19. The van der Waals surface area contributed by atoms with E-state index in [4.69, 9.17) is 5.11 Å². The molecule has 1 atom stereocenters. The van der Waals surface area contributed by atoms with Gasteiger partial charge in [-0.05, 0) is 54.1 Å². The maximum absolute atomic E-state index is 12.6. The standard InChI is InChI=1S/C13H19BrN2O3S/c1-15(2)11-5-6-16(8-11)20(18,19)13-4-3-10(9-17)7-12(13)14/h3-4,7,11,17H,5-6,8-9H2,1-2H3. The number of aliphatic hydroxyl groups excluding tert-OH is 1. The van der Waals surface area contributed by atoms with Crippen molar-refractivity contribution in [2.45, 2.75) is 24.0 Å². The molecule has 5 nitrogen and oxygen atoms in total. The Bertz CT molecular complexity index is 589. The third kappa shape index (κ3) is 3.07. The summed E-state index contributed by atoms with van der Waals surface area (Å²) in [6.45, 7) is 0.953. The Hall–Kier alpha value is -0.470. The van der Waals surface area contributed by atoms with Crippen LogP contribution >= 0.6 is 15.9 Å². The first kappa shape index (κ1) is 15.9. The lowest BCUT2D eigenvalue weighted by atomic mass is 10.2. The van der Waals surface area contributed by atoms with Gasteiger partial charge in [-0.2, -0.15) is 4.31 Å². The summed E-state index contributed by atoms with van der Waals surface area (Å²) in [5.74, 6) is 0. The van der Waals surface area contributed by atoms with Gasteiger partial charge in [0, 0.05) is 23.6 Å². The second-order valence-corrected chi connectivity index (χ2v) is 7.95. The highest BCUT2D eigenvalue weighted by molar-refractivity contribution is 9.10. The van der Waals surface area contributed by atoms with Gasteiger partial charge in [-0.25, -0.2) is 8.42 Å². The molecule has 0 spiro atoms. The smallest absolute Gasteiger partial charge is 0.244 e. The summed E-state index contributed by atoms with van der Waals surface area (Å²) in [5, 5.41) is 9.08. The summed E-state index contributed by atoms with van der Waals surface area (Å²) in [5.41, 5.74) is 0.684. The zero-order chi connectivity index (χ0) is 14.9. The van der Waals surface area contributed by atoms with Crippen molar-refractivity contribution in [2.24, 2.45) is 0 Å². The van der Waals surface area contributed by atoms with Crippen LogP contribution in [0, 0.1) is 0 Å². The zero-order valence-electron chi connectivity index (χ0n) is 11.6. The molecule has 0 radical (unpaired) electrons. The van der Waals surface area contributed by atoms with E-state index in [1.807, 2.05) is 14.1 Å². The molecule has 1 aromatic rings. The number of likely N-dealkylation sites (N-methyl/N-ethyl adjacent to an activating group) is 1. The van der Waals surface area contributed by atoms with E-state index in [0.717, 1.165) is 6.42 Å². The van der Waals surface area contributed by atoms with Gasteiger partial charge >= 0.3 is 0 Å². The van der Waals surface area contributed by atoms with Gasteiger partial charge in [-0.3, -0.25) is 0 Å². The van der Waals surface area contributed by atoms with Gasteiger partial charge in [-0.15, -0.1) is 0 Å². The zero-order valence-corrected chi connectivity index (χ0v) is 14.0. The number of hydrogen-bond acceptors (Lipinski definition) is 4. The highest BCUT2D eigenvalue weighted by Crippen LogP contribution is 2.29. The Morgan fingerprint density at radius 2 is 2.15 bits per heavy atom. The SMILES string of the molecule is CN(C)C1CCN(S(=O)(=O)c2ccc(CO)cc2Br)C1. The molecule has 0 bridgehead atoms. The van der Waals surface area contributed by atoms with Gasteiger partial charge in [0.05, 0.1) is 11.5 Å². The van der Waals surface area contributed by atoms with Crippen LogP contribution in [-0.2, 0) is 16.6 Å². The van der Waals surface area contributed by atoms with E-state index in [1.165, 1.54) is 4.31 Å². The molecule has 1 heterocycles. The van der Waals surface area contributed by atoms with E-state index in [9.17, 15) is 8.42 Å². The summed E-state index contributed by atoms with van der Waals surface area (Å²) in [6, 6.07) is 5.09. The van der Waals surface area contributed by atoms with Gasteiger partial charge in [0.15, 0.2) is 0 Å². The molecule has 1 aromatic carbocycles.